The Kier molecular flexibility index (Phi) is 9.11. The van der Waals surface area contributed by atoms with E-state index in [0.717, 1.165) is 64.2 Å². The molecule has 0 fully saturated rings. The number of rotatable bonds is 11. The SMILES string of the molecule is CCOCCCCCOc1cccc(CCCN)c1. The van der Waals surface area contributed by atoms with E-state index in [1.807, 2.05) is 13.0 Å². The minimum absolute atomic E-state index is 0.741. The van der Waals surface area contributed by atoms with Gasteiger partial charge in [0.2, 0.25) is 0 Å². The standard InChI is InChI=1S/C16H27NO2/c1-2-18-12-4-3-5-13-19-16-10-6-8-15(14-16)9-7-11-17/h6,8,10,14H,2-5,7,9,11-13,17H2,1H3. The second-order valence-corrected chi connectivity index (χ2v) is 4.65. The molecule has 1 aromatic carbocycles. The van der Waals surface area contributed by atoms with Crippen LogP contribution in [0.4, 0.5) is 0 Å². The predicted molar refractivity (Wildman–Crippen MR) is 79.7 cm³/mol. The van der Waals surface area contributed by atoms with Gasteiger partial charge in [0.1, 0.15) is 5.75 Å². The van der Waals surface area contributed by atoms with Gasteiger partial charge in [-0.2, -0.15) is 0 Å². The number of nitrogens with two attached hydrogens (primary N) is 1. The Bertz CT molecular complexity index is 328. The third-order valence-electron chi connectivity index (χ3n) is 2.97. The molecule has 0 bridgehead atoms. The zero-order valence-corrected chi connectivity index (χ0v) is 12.1. The molecule has 0 saturated carbocycles. The van der Waals surface area contributed by atoms with Crippen LogP contribution in [0.1, 0.15) is 38.2 Å². The van der Waals surface area contributed by atoms with Crippen molar-refractivity contribution in [3.8, 4) is 5.75 Å². The molecule has 3 nitrogen and oxygen atoms in total. The van der Waals surface area contributed by atoms with E-state index in [4.69, 9.17) is 15.2 Å². The van der Waals surface area contributed by atoms with Crippen LogP contribution in [0.2, 0.25) is 0 Å². The van der Waals surface area contributed by atoms with Crippen LogP contribution in [-0.4, -0.2) is 26.4 Å². The van der Waals surface area contributed by atoms with E-state index >= 15 is 0 Å². The molecular formula is C16H27NO2. The fraction of sp³-hybridized carbons (Fsp3) is 0.625. The van der Waals surface area contributed by atoms with E-state index in [0.29, 0.717) is 0 Å². The maximum absolute atomic E-state index is 5.76. The van der Waals surface area contributed by atoms with Gasteiger partial charge in [-0.15, -0.1) is 0 Å². The van der Waals surface area contributed by atoms with Crippen molar-refractivity contribution in [1.82, 2.24) is 0 Å². The number of benzene rings is 1. The monoisotopic (exact) mass is 265 g/mol. The van der Waals surface area contributed by atoms with Crippen LogP contribution < -0.4 is 10.5 Å². The lowest BCUT2D eigenvalue weighted by Crippen LogP contribution is -2.01. The second kappa shape index (κ2) is 10.8. The molecule has 0 heterocycles. The van der Waals surface area contributed by atoms with Gasteiger partial charge in [-0.05, 0) is 63.3 Å². The van der Waals surface area contributed by atoms with Crippen LogP contribution in [0.3, 0.4) is 0 Å². The van der Waals surface area contributed by atoms with Gasteiger partial charge in [-0.25, -0.2) is 0 Å². The third-order valence-corrected chi connectivity index (χ3v) is 2.97. The number of hydrogen-bond acceptors (Lipinski definition) is 3. The summed E-state index contributed by atoms with van der Waals surface area (Å²) in [7, 11) is 0. The summed E-state index contributed by atoms with van der Waals surface area (Å²) in [6.45, 7) is 5.23. The first-order chi connectivity index (χ1) is 9.36. The first-order valence-electron chi connectivity index (χ1n) is 7.36. The average molecular weight is 265 g/mol. The third kappa shape index (κ3) is 7.85. The van der Waals surface area contributed by atoms with Crippen molar-refractivity contribution in [1.29, 1.82) is 0 Å². The van der Waals surface area contributed by atoms with E-state index < -0.39 is 0 Å². The number of aryl methyl sites for hydroxylation is 1. The molecule has 0 aliphatic rings. The molecule has 0 unspecified atom stereocenters. The molecule has 0 spiro atoms. The van der Waals surface area contributed by atoms with Crippen molar-refractivity contribution in [2.24, 2.45) is 5.73 Å². The Morgan fingerprint density at radius 3 is 2.68 bits per heavy atom. The molecule has 3 heteroatoms. The normalized spacial score (nSPS) is 10.6. The molecule has 0 aliphatic heterocycles. The Labute approximate surface area is 117 Å². The molecule has 0 aromatic heterocycles. The Morgan fingerprint density at radius 1 is 1.05 bits per heavy atom. The summed E-state index contributed by atoms with van der Waals surface area (Å²) in [5.74, 6) is 0.972. The van der Waals surface area contributed by atoms with Gasteiger partial charge < -0.3 is 15.2 Å². The number of hydrogen-bond donors (Lipinski definition) is 1. The van der Waals surface area contributed by atoms with E-state index in [9.17, 15) is 0 Å². The number of ether oxygens (including phenoxy) is 2. The highest BCUT2D eigenvalue weighted by atomic mass is 16.5. The second-order valence-electron chi connectivity index (χ2n) is 4.65. The maximum Gasteiger partial charge on any atom is 0.119 e. The van der Waals surface area contributed by atoms with Crippen LogP contribution >= 0.6 is 0 Å². The van der Waals surface area contributed by atoms with Crippen molar-refractivity contribution in [2.75, 3.05) is 26.4 Å². The highest BCUT2D eigenvalue weighted by Gasteiger charge is 1.97. The van der Waals surface area contributed by atoms with Crippen LogP contribution in [0.15, 0.2) is 24.3 Å². The predicted octanol–water partition coefficient (Wildman–Crippen LogP) is 3.16. The van der Waals surface area contributed by atoms with E-state index in [-0.39, 0.29) is 0 Å². The topological polar surface area (TPSA) is 44.5 Å². The van der Waals surface area contributed by atoms with Crippen LogP contribution in [0.5, 0.6) is 5.75 Å². The molecule has 0 radical (unpaired) electrons. The molecule has 0 amide bonds. The summed E-state index contributed by atoms with van der Waals surface area (Å²) in [4.78, 5) is 0. The minimum Gasteiger partial charge on any atom is -0.494 e. The summed E-state index contributed by atoms with van der Waals surface area (Å²) in [6, 6.07) is 8.32. The molecule has 0 saturated heterocycles. The summed E-state index contributed by atoms with van der Waals surface area (Å²) < 4.78 is 11.1. The van der Waals surface area contributed by atoms with E-state index in [2.05, 4.69) is 18.2 Å². The van der Waals surface area contributed by atoms with Gasteiger partial charge in [0, 0.05) is 13.2 Å². The Morgan fingerprint density at radius 2 is 1.89 bits per heavy atom. The first-order valence-corrected chi connectivity index (χ1v) is 7.36. The van der Waals surface area contributed by atoms with Crippen molar-refractivity contribution in [3.05, 3.63) is 29.8 Å². The lowest BCUT2D eigenvalue weighted by Gasteiger charge is -2.08. The first kappa shape index (κ1) is 16.0. The van der Waals surface area contributed by atoms with Crippen molar-refractivity contribution in [3.63, 3.8) is 0 Å². The summed E-state index contributed by atoms with van der Waals surface area (Å²) in [6.07, 6.45) is 5.42. The fourth-order valence-electron chi connectivity index (χ4n) is 1.91. The van der Waals surface area contributed by atoms with Crippen molar-refractivity contribution < 1.29 is 9.47 Å². The molecule has 19 heavy (non-hydrogen) atoms. The van der Waals surface area contributed by atoms with Gasteiger partial charge >= 0.3 is 0 Å². The average Bonchev–Trinajstić information content (AvgIpc) is 2.44. The molecule has 0 aliphatic carbocycles. The lowest BCUT2D eigenvalue weighted by molar-refractivity contribution is 0.141. The van der Waals surface area contributed by atoms with E-state index in [1.54, 1.807) is 0 Å². The fourth-order valence-corrected chi connectivity index (χ4v) is 1.91. The molecule has 2 N–H and O–H groups in total. The molecule has 108 valence electrons. The van der Waals surface area contributed by atoms with Gasteiger partial charge in [-0.1, -0.05) is 12.1 Å². The maximum atomic E-state index is 5.76. The summed E-state index contributed by atoms with van der Waals surface area (Å²) in [5, 5.41) is 0. The molecule has 1 rings (SSSR count). The molecule has 0 atom stereocenters. The molecular weight excluding hydrogens is 238 g/mol. The van der Waals surface area contributed by atoms with Crippen LogP contribution in [-0.2, 0) is 11.2 Å². The van der Waals surface area contributed by atoms with Gasteiger partial charge in [0.15, 0.2) is 0 Å². The summed E-state index contributed by atoms with van der Waals surface area (Å²) >= 11 is 0. The van der Waals surface area contributed by atoms with E-state index in [1.165, 1.54) is 5.56 Å². The zero-order chi connectivity index (χ0) is 13.8. The number of unbranched alkanes of at least 4 members (excludes halogenated alkanes) is 2. The minimum atomic E-state index is 0.741. The van der Waals surface area contributed by atoms with Crippen LogP contribution in [0.25, 0.3) is 0 Å². The quantitative estimate of drug-likeness (QED) is 0.625. The van der Waals surface area contributed by atoms with Gasteiger partial charge in [0.05, 0.1) is 6.61 Å². The zero-order valence-electron chi connectivity index (χ0n) is 12.1. The van der Waals surface area contributed by atoms with Crippen LogP contribution in [0, 0.1) is 0 Å². The highest BCUT2D eigenvalue weighted by Crippen LogP contribution is 2.15. The van der Waals surface area contributed by atoms with Crippen molar-refractivity contribution >= 4 is 0 Å². The largest absolute Gasteiger partial charge is 0.494 e. The Balaban J connectivity index is 2.14. The van der Waals surface area contributed by atoms with Gasteiger partial charge in [0.25, 0.3) is 0 Å². The Hall–Kier alpha value is -1.06. The van der Waals surface area contributed by atoms with Crippen molar-refractivity contribution in [2.45, 2.75) is 39.0 Å². The lowest BCUT2D eigenvalue weighted by atomic mass is 10.1. The highest BCUT2D eigenvalue weighted by molar-refractivity contribution is 5.28. The molecule has 1 aromatic rings. The van der Waals surface area contributed by atoms with Gasteiger partial charge in [-0.3, -0.25) is 0 Å². The smallest absolute Gasteiger partial charge is 0.119 e. The summed E-state index contributed by atoms with van der Waals surface area (Å²) in [5.41, 5.74) is 6.83.